The van der Waals surface area contributed by atoms with Crippen molar-refractivity contribution in [3.8, 4) is 0 Å². The highest BCUT2D eigenvalue weighted by Crippen LogP contribution is 2.24. The maximum Gasteiger partial charge on any atom is 0.303 e. The Morgan fingerprint density at radius 1 is 1.16 bits per heavy atom. The minimum atomic E-state index is -0.862. The topological polar surface area (TPSA) is 69.6 Å². The molecule has 0 aromatic carbocycles. The molecular weight excluding hydrogens is 244 g/mol. The van der Waals surface area contributed by atoms with Crippen LogP contribution >= 0.6 is 0 Å². The summed E-state index contributed by atoms with van der Waals surface area (Å²) in [6.07, 6.45) is 1.19. The fourth-order valence-electron chi connectivity index (χ4n) is 2.04. The van der Waals surface area contributed by atoms with Crippen LogP contribution in [0, 0.1) is 5.41 Å². The van der Waals surface area contributed by atoms with Crippen molar-refractivity contribution in [1.82, 2.24) is 10.2 Å². The standard InChI is InChI=1S/C14H28N2O3/c1-5-16(6-2)9-7-8-15-12(17)10-14(3,4)11-13(18)19/h5-11H2,1-4H3,(H,15,17)(H,18,19). The van der Waals surface area contributed by atoms with E-state index in [0.717, 1.165) is 26.1 Å². The van der Waals surface area contributed by atoms with Gasteiger partial charge in [0.2, 0.25) is 5.91 Å². The molecule has 0 aromatic heterocycles. The molecule has 0 unspecified atom stereocenters. The lowest BCUT2D eigenvalue weighted by molar-refractivity contribution is -0.139. The first kappa shape index (κ1) is 17.9. The number of hydrogen-bond acceptors (Lipinski definition) is 3. The van der Waals surface area contributed by atoms with Crippen molar-refractivity contribution in [3.63, 3.8) is 0 Å². The summed E-state index contributed by atoms with van der Waals surface area (Å²) in [5.74, 6) is -0.926. The van der Waals surface area contributed by atoms with Crippen molar-refractivity contribution >= 4 is 11.9 Å². The molecule has 0 heterocycles. The van der Waals surface area contributed by atoms with E-state index < -0.39 is 11.4 Å². The Morgan fingerprint density at radius 3 is 2.21 bits per heavy atom. The molecule has 0 aliphatic rings. The zero-order valence-electron chi connectivity index (χ0n) is 12.7. The zero-order chi connectivity index (χ0) is 14.9. The van der Waals surface area contributed by atoms with Crippen LogP contribution in [-0.2, 0) is 9.59 Å². The summed E-state index contributed by atoms with van der Waals surface area (Å²) < 4.78 is 0. The fraction of sp³-hybridized carbons (Fsp3) is 0.857. The van der Waals surface area contributed by atoms with Gasteiger partial charge in [0.1, 0.15) is 0 Å². The Hall–Kier alpha value is -1.10. The average Bonchev–Trinajstić information content (AvgIpc) is 2.26. The van der Waals surface area contributed by atoms with Crippen molar-refractivity contribution in [2.75, 3.05) is 26.2 Å². The summed E-state index contributed by atoms with van der Waals surface area (Å²) in [5, 5.41) is 11.6. The van der Waals surface area contributed by atoms with Crippen molar-refractivity contribution in [1.29, 1.82) is 0 Å². The summed E-state index contributed by atoms with van der Waals surface area (Å²) in [5.41, 5.74) is -0.491. The number of carbonyl (C=O) groups excluding carboxylic acids is 1. The molecule has 0 atom stereocenters. The first-order valence-electron chi connectivity index (χ1n) is 7.01. The fourth-order valence-corrected chi connectivity index (χ4v) is 2.04. The highest BCUT2D eigenvalue weighted by atomic mass is 16.4. The molecule has 5 heteroatoms. The number of nitrogens with one attached hydrogen (secondary N) is 1. The number of carboxylic acids is 1. The van der Waals surface area contributed by atoms with Gasteiger partial charge in [0, 0.05) is 13.0 Å². The third kappa shape index (κ3) is 9.47. The van der Waals surface area contributed by atoms with Gasteiger partial charge in [-0.3, -0.25) is 9.59 Å². The monoisotopic (exact) mass is 272 g/mol. The van der Waals surface area contributed by atoms with Crippen LogP contribution in [0.5, 0.6) is 0 Å². The molecule has 5 nitrogen and oxygen atoms in total. The number of carboxylic acid groups (broad SMARTS) is 1. The minimum Gasteiger partial charge on any atom is -0.481 e. The predicted octanol–water partition coefficient (Wildman–Crippen LogP) is 1.73. The smallest absolute Gasteiger partial charge is 0.303 e. The van der Waals surface area contributed by atoms with Gasteiger partial charge in [-0.05, 0) is 31.5 Å². The van der Waals surface area contributed by atoms with Gasteiger partial charge in [-0.1, -0.05) is 27.7 Å². The first-order valence-corrected chi connectivity index (χ1v) is 7.01. The Balaban J connectivity index is 3.84. The number of nitrogens with zero attached hydrogens (tertiary/aromatic N) is 1. The molecule has 0 bridgehead atoms. The third-order valence-electron chi connectivity index (χ3n) is 3.14. The largest absolute Gasteiger partial charge is 0.481 e. The molecule has 0 radical (unpaired) electrons. The second-order valence-electron chi connectivity index (χ2n) is 5.64. The summed E-state index contributed by atoms with van der Waals surface area (Å²) in [7, 11) is 0. The van der Waals surface area contributed by atoms with Gasteiger partial charge in [0.15, 0.2) is 0 Å². The van der Waals surface area contributed by atoms with Gasteiger partial charge in [-0.15, -0.1) is 0 Å². The van der Waals surface area contributed by atoms with Crippen LogP contribution in [0.1, 0.15) is 47.0 Å². The molecule has 0 saturated heterocycles. The molecule has 0 rings (SSSR count). The zero-order valence-corrected chi connectivity index (χ0v) is 12.7. The average molecular weight is 272 g/mol. The van der Waals surface area contributed by atoms with Crippen LogP contribution in [0.4, 0.5) is 0 Å². The van der Waals surface area contributed by atoms with Crippen molar-refractivity contribution in [2.24, 2.45) is 5.41 Å². The molecule has 0 aliphatic heterocycles. The molecule has 0 saturated carbocycles. The van der Waals surface area contributed by atoms with Gasteiger partial charge >= 0.3 is 5.97 Å². The van der Waals surface area contributed by atoms with E-state index in [9.17, 15) is 9.59 Å². The minimum absolute atomic E-state index is 0.0138. The summed E-state index contributed by atoms with van der Waals surface area (Å²) >= 11 is 0. The molecule has 19 heavy (non-hydrogen) atoms. The van der Waals surface area contributed by atoms with Gasteiger partial charge in [-0.25, -0.2) is 0 Å². The molecule has 0 spiro atoms. The van der Waals surface area contributed by atoms with Crippen LogP contribution in [0.15, 0.2) is 0 Å². The molecule has 0 fully saturated rings. The van der Waals surface area contributed by atoms with Crippen molar-refractivity contribution < 1.29 is 14.7 Å². The first-order chi connectivity index (χ1) is 8.80. The second-order valence-corrected chi connectivity index (χ2v) is 5.64. The summed E-state index contributed by atoms with van der Waals surface area (Å²) in [4.78, 5) is 24.7. The van der Waals surface area contributed by atoms with Gasteiger partial charge < -0.3 is 15.3 Å². The maximum absolute atomic E-state index is 11.7. The van der Waals surface area contributed by atoms with Crippen LogP contribution in [0.25, 0.3) is 0 Å². The Bertz CT molecular complexity index is 286. The Labute approximate surface area is 116 Å². The number of aliphatic carboxylic acids is 1. The van der Waals surface area contributed by atoms with Crippen LogP contribution < -0.4 is 5.32 Å². The lowest BCUT2D eigenvalue weighted by atomic mass is 9.85. The highest BCUT2D eigenvalue weighted by Gasteiger charge is 2.24. The molecule has 1 amide bonds. The van der Waals surface area contributed by atoms with Crippen molar-refractivity contribution in [2.45, 2.75) is 47.0 Å². The number of rotatable bonds is 10. The summed E-state index contributed by atoms with van der Waals surface area (Å²) in [6, 6.07) is 0. The molecule has 0 aliphatic carbocycles. The number of amides is 1. The van der Waals surface area contributed by atoms with Crippen LogP contribution in [0.2, 0.25) is 0 Å². The number of carbonyl (C=O) groups is 2. The van der Waals surface area contributed by atoms with Crippen LogP contribution in [-0.4, -0.2) is 48.1 Å². The molecule has 112 valence electrons. The quantitative estimate of drug-likeness (QED) is 0.594. The second kappa shape index (κ2) is 8.91. The molecule has 2 N–H and O–H groups in total. The number of hydrogen-bond donors (Lipinski definition) is 2. The summed E-state index contributed by atoms with van der Waals surface area (Å²) in [6.45, 7) is 11.5. The highest BCUT2D eigenvalue weighted by molar-refractivity contribution is 5.77. The SMILES string of the molecule is CCN(CC)CCCNC(=O)CC(C)(C)CC(=O)O. The van der Waals surface area contributed by atoms with E-state index in [-0.39, 0.29) is 18.7 Å². The Morgan fingerprint density at radius 2 is 1.74 bits per heavy atom. The van der Waals surface area contributed by atoms with E-state index in [4.69, 9.17) is 5.11 Å². The lowest BCUT2D eigenvalue weighted by Gasteiger charge is -2.22. The van der Waals surface area contributed by atoms with E-state index in [1.54, 1.807) is 13.8 Å². The van der Waals surface area contributed by atoms with E-state index in [0.29, 0.717) is 6.54 Å². The van der Waals surface area contributed by atoms with Gasteiger partial charge in [-0.2, -0.15) is 0 Å². The van der Waals surface area contributed by atoms with Crippen LogP contribution in [0.3, 0.4) is 0 Å². The predicted molar refractivity (Wildman–Crippen MR) is 76.1 cm³/mol. The Kier molecular flexibility index (Phi) is 8.39. The van der Waals surface area contributed by atoms with Crippen molar-refractivity contribution in [3.05, 3.63) is 0 Å². The van der Waals surface area contributed by atoms with Gasteiger partial charge in [0.05, 0.1) is 6.42 Å². The van der Waals surface area contributed by atoms with E-state index >= 15 is 0 Å². The molecule has 0 aromatic rings. The van der Waals surface area contributed by atoms with E-state index in [1.807, 2.05) is 0 Å². The van der Waals surface area contributed by atoms with E-state index in [1.165, 1.54) is 0 Å². The maximum atomic E-state index is 11.7. The normalized spacial score (nSPS) is 11.6. The van der Waals surface area contributed by atoms with E-state index in [2.05, 4.69) is 24.1 Å². The van der Waals surface area contributed by atoms with Gasteiger partial charge in [0.25, 0.3) is 0 Å². The third-order valence-corrected chi connectivity index (χ3v) is 3.14. The lowest BCUT2D eigenvalue weighted by Crippen LogP contribution is -2.32. The molecular formula is C14H28N2O3.